The highest BCUT2D eigenvalue weighted by Crippen LogP contribution is 2.36. The van der Waals surface area contributed by atoms with Gasteiger partial charge in [-0.1, -0.05) is 43.0 Å². The molecule has 2 unspecified atom stereocenters. The first kappa shape index (κ1) is 11.9. The first-order valence-electron chi connectivity index (χ1n) is 6.27. The Morgan fingerprint density at radius 2 is 2.00 bits per heavy atom. The lowest BCUT2D eigenvalue weighted by Crippen LogP contribution is -2.21. The van der Waals surface area contributed by atoms with E-state index < -0.39 is 0 Å². The molecule has 0 spiro atoms. The van der Waals surface area contributed by atoms with Gasteiger partial charge in [-0.15, -0.1) is 0 Å². The average molecular weight is 238 g/mol. The van der Waals surface area contributed by atoms with E-state index in [0.29, 0.717) is 11.8 Å². The molecule has 0 aliphatic heterocycles. The van der Waals surface area contributed by atoms with Gasteiger partial charge in [-0.3, -0.25) is 0 Å². The number of hydrogen-bond donors (Lipinski definition) is 1. The van der Waals surface area contributed by atoms with E-state index in [1.54, 1.807) is 0 Å². The third kappa shape index (κ3) is 2.78. The molecule has 1 saturated carbocycles. The van der Waals surface area contributed by atoms with Gasteiger partial charge >= 0.3 is 0 Å². The van der Waals surface area contributed by atoms with Crippen molar-refractivity contribution in [3.63, 3.8) is 0 Å². The summed E-state index contributed by atoms with van der Waals surface area (Å²) >= 11 is 6.06. The van der Waals surface area contributed by atoms with Gasteiger partial charge in [-0.05, 0) is 48.9 Å². The molecule has 0 aromatic heterocycles. The van der Waals surface area contributed by atoms with Crippen LogP contribution in [0.5, 0.6) is 0 Å². The van der Waals surface area contributed by atoms with Crippen LogP contribution in [0.3, 0.4) is 0 Å². The van der Waals surface area contributed by atoms with Crippen LogP contribution < -0.4 is 5.73 Å². The van der Waals surface area contributed by atoms with Crippen molar-refractivity contribution in [2.45, 2.75) is 38.0 Å². The van der Waals surface area contributed by atoms with Crippen LogP contribution in [0.2, 0.25) is 5.02 Å². The molecule has 1 aromatic carbocycles. The van der Waals surface area contributed by atoms with E-state index in [2.05, 4.69) is 18.2 Å². The van der Waals surface area contributed by atoms with E-state index in [1.165, 1.54) is 37.7 Å². The summed E-state index contributed by atoms with van der Waals surface area (Å²) in [7, 11) is 0. The molecule has 2 N–H and O–H groups in total. The van der Waals surface area contributed by atoms with Crippen LogP contribution in [-0.4, -0.2) is 6.54 Å². The lowest BCUT2D eigenvalue weighted by atomic mass is 9.82. The fraction of sp³-hybridized carbons (Fsp3) is 0.571. The third-order valence-electron chi connectivity index (χ3n) is 3.74. The molecular weight excluding hydrogens is 218 g/mol. The van der Waals surface area contributed by atoms with Gasteiger partial charge < -0.3 is 5.73 Å². The van der Waals surface area contributed by atoms with Crippen LogP contribution in [-0.2, 0) is 0 Å². The van der Waals surface area contributed by atoms with Gasteiger partial charge in [-0.2, -0.15) is 0 Å². The molecule has 1 fully saturated rings. The molecule has 0 amide bonds. The minimum absolute atomic E-state index is 0.617. The van der Waals surface area contributed by atoms with Crippen LogP contribution in [0.15, 0.2) is 24.3 Å². The number of nitrogens with two attached hydrogens (primary N) is 1. The zero-order valence-electron chi connectivity index (χ0n) is 9.66. The van der Waals surface area contributed by atoms with E-state index in [9.17, 15) is 0 Å². The Morgan fingerprint density at radius 3 is 2.75 bits per heavy atom. The van der Waals surface area contributed by atoms with Gasteiger partial charge in [0.15, 0.2) is 0 Å². The molecule has 2 heteroatoms. The standard InChI is InChI=1S/C14H20ClN/c15-13-7-4-6-11(9-13)14-8-3-1-2-5-12(14)10-16/h4,6-7,9,12,14H,1-3,5,8,10,16H2. The van der Waals surface area contributed by atoms with E-state index in [4.69, 9.17) is 17.3 Å². The molecule has 16 heavy (non-hydrogen) atoms. The Labute approximate surface area is 103 Å². The summed E-state index contributed by atoms with van der Waals surface area (Å²) in [6, 6.07) is 8.31. The summed E-state index contributed by atoms with van der Waals surface area (Å²) in [4.78, 5) is 0. The zero-order valence-corrected chi connectivity index (χ0v) is 10.4. The molecule has 2 atom stereocenters. The molecule has 2 rings (SSSR count). The highest BCUT2D eigenvalue weighted by Gasteiger charge is 2.23. The quantitative estimate of drug-likeness (QED) is 0.775. The van der Waals surface area contributed by atoms with Crippen molar-refractivity contribution >= 4 is 11.6 Å². The molecule has 0 heterocycles. The van der Waals surface area contributed by atoms with Gasteiger partial charge in [0, 0.05) is 5.02 Å². The molecule has 1 aliphatic carbocycles. The van der Waals surface area contributed by atoms with Crippen LogP contribution in [0.4, 0.5) is 0 Å². The van der Waals surface area contributed by atoms with Gasteiger partial charge in [0.25, 0.3) is 0 Å². The second-order valence-electron chi connectivity index (χ2n) is 4.80. The summed E-state index contributed by atoms with van der Waals surface area (Å²) in [5.41, 5.74) is 7.28. The van der Waals surface area contributed by atoms with Crippen molar-refractivity contribution in [3.05, 3.63) is 34.9 Å². The van der Waals surface area contributed by atoms with E-state index >= 15 is 0 Å². The van der Waals surface area contributed by atoms with Crippen molar-refractivity contribution in [2.75, 3.05) is 6.54 Å². The number of halogens is 1. The summed E-state index contributed by atoms with van der Waals surface area (Å²) in [6.45, 7) is 0.803. The van der Waals surface area contributed by atoms with E-state index in [-0.39, 0.29) is 0 Å². The maximum atomic E-state index is 6.06. The predicted octanol–water partition coefficient (Wildman–Crippen LogP) is 3.96. The van der Waals surface area contributed by atoms with Gasteiger partial charge in [0.05, 0.1) is 0 Å². The van der Waals surface area contributed by atoms with Gasteiger partial charge in [0.1, 0.15) is 0 Å². The molecule has 0 bridgehead atoms. The highest BCUT2D eigenvalue weighted by atomic mass is 35.5. The fourth-order valence-corrected chi connectivity index (χ4v) is 3.04. The van der Waals surface area contributed by atoms with Crippen molar-refractivity contribution in [1.29, 1.82) is 0 Å². The van der Waals surface area contributed by atoms with E-state index in [0.717, 1.165) is 11.6 Å². The SMILES string of the molecule is NCC1CCCCCC1c1cccc(Cl)c1. The topological polar surface area (TPSA) is 26.0 Å². The lowest BCUT2D eigenvalue weighted by molar-refractivity contribution is 0.408. The number of rotatable bonds is 2. The summed E-state index contributed by atoms with van der Waals surface area (Å²) in [6.07, 6.45) is 6.55. The normalized spacial score (nSPS) is 26.4. The van der Waals surface area contributed by atoms with Crippen LogP contribution in [0.25, 0.3) is 0 Å². The zero-order chi connectivity index (χ0) is 11.4. The largest absolute Gasteiger partial charge is 0.330 e. The summed E-state index contributed by atoms with van der Waals surface area (Å²) in [5, 5.41) is 0.845. The minimum atomic E-state index is 0.617. The number of benzene rings is 1. The van der Waals surface area contributed by atoms with Crippen LogP contribution >= 0.6 is 11.6 Å². The number of hydrogen-bond acceptors (Lipinski definition) is 1. The minimum Gasteiger partial charge on any atom is -0.330 e. The van der Waals surface area contributed by atoms with Gasteiger partial charge in [-0.25, -0.2) is 0 Å². The molecule has 1 aromatic rings. The first-order valence-corrected chi connectivity index (χ1v) is 6.64. The molecule has 88 valence electrons. The monoisotopic (exact) mass is 237 g/mol. The Morgan fingerprint density at radius 1 is 1.19 bits per heavy atom. The van der Waals surface area contributed by atoms with E-state index in [1.807, 2.05) is 6.07 Å². The van der Waals surface area contributed by atoms with Crippen LogP contribution in [0.1, 0.15) is 43.6 Å². The van der Waals surface area contributed by atoms with Gasteiger partial charge in [0.2, 0.25) is 0 Å². The maximum absolute atomic E-state index is 6.06. The second-order valence-corrected chi connectivity index (χ2v) is 5.23. The van der Waals surface area contributed by atoms with Crippen molar-refractivity contribution < 1.29 is 0 Å². The van der Waals surface area contributed by atoms with Crippen molar-refractivity contribution in [1.82, 2.24) is 0 Å². The van der Waals surface area contributed by atoms with Crippen molar-refractivity contribution in [3.8, 4) is 0 Å². The molecule has 1 aliphatic rings. The fourth-order valence-electron chi connectivity index (χ4n) is 2.84. The molecular formula is C14H20ClN. The Kier molecular flexibility index (Phi) is 4.25. The van der Waals surface area contributed by atoms with Crippen LogP contribution in [0, 0.1) is 5.92 Å². The van der Waals surface area contributed by atoms with Crippen molar-refractivity contribution in [2.24, 2.45) is 11.7 Å². The molecule has 0 saturated heterocycles. The summed E-state index contributed by atoms with van der Waals surface area (Å²) in [5.74, 6) is 1.26. The second kappa shape index (κ2) is 5.70. The lowest BCUT2D eigenvalue weighted by Gasteiger charge is -2.24. The predicted molar refractivity (Wildman–Crippen MR) is 69.8 cm³/mol. The first-order chi connectivity index (χ1) is 7.81. The molecule has 0 radical (unpaired) electrons. The Bertz CT molecular complexity index is 337. The third-order valence-corrected chi connectivity index (χ3v) is 3.97. The maximum Gasteiger partial charge on any atom is 0.0408 e. The smallest absolute Gasteiger partial charge is 0.0408 e. The summed E-state index contributed by atoms with van der Waals surface area (Å²) < 4.78 is 0. The Hall–Kier alpha value is -0.530. The molecule has 1 nitrogen and oxygen atoms in total. The average Bonchev–Trinajstić information content (AvgIpc) is 2.53. The Balaban J connectivity index is 2.21. The highest BCUT2D eigenvalue weighted by molar-refractivity contribution is 6.30.